The van der Waals surface area contributed by atoms with Crippen molar-refractivity contribution >= 4 is 23.7 Å². The molecule has 0 aliphatic rings. The molecule has 0 bridgehead atoms. The zero-order chi connectivity index (χ0) is 25.0. The van der Waals surface area contributed by atoms with E-state index in [1.807, 2.05) is 0 Å². The van der Waals surface area contributed by atoms with Gasteiger partial charge in [0.05, 0.1) is 29.8 Å². The summed E-state index contributed by atoms with van der Waals surface area (Å²) in [6.07, 6.45) is 0.573. The molecule has 0 fully saturated rings. The number of hydrogen-bond donors (Lipinski definition) is 2. The van der Waals surface area contributed by atoms with E-state index < -0.39 is 35.7 Å². The summed E-state index contributed by atoms with van der Waals surface area (Å²) in [4.78, 5) is 35.7. The van der Waals surface area contributed by atoms with Gasteiger partial charge in [0.15, 0.2) is 17.3 Å². The number of rotatable bonds is 5. The summed E-state index contributed by atoms with van der Waals surface area (Å²) < 4.78 is 38.7. The minimum absolute atomic E-state index is 0.0860. The van der Waals surface area contributed by atoms with E-state index in [2.05, 4.69) is 35.9 Å². The lowest BCUT2D eigenvalue weighted by atomic mass is 10.2. The quantitative estimate of drug-likeness (QED) is 0.527. The highest BCUT2D eigenvalue weighted by molar-refractivity contribution is 5.88. The maximum atomic E-state index is 13.8. The van der Waals surface area contributed by atoms with Crippen molar-refractivity contribution in [1.82, 2.24) is 29.9 Å². The van der Waals surface area contributed by atoms with Crippen LogP contribution >= 0.6 is 0 Å². The Morgan fingerprint density at radius 2 is 1.74 bits per heavy atom. The summed E-state index contributed by atoms with van der Waals surface area (Å²) in [7, 11) is 1.50. The zero-order valence-electron chi connectivity index (χ0n) is 19.0. The number of aromatic nitrogens is 6. The van der Waals surface area contributed by atoms with Crippen molar-refractivity contribution in [1.29, 1.82) is 0 Å². The first kappa shape index (κ1) is 24.4. The molecule has 0 saturated heterocycles. The normalized spacial score (nSPS) is 12.1. The molecule has 2 N–H and O–H groups in total. The van der Waals surface area contributed by atoms with E-state index >= 15 is 0 Å². The van der Waals surface area contributed by atoms with E-state index in [0.717, 1.165) is 6.07 Å². The maximum absolute atomic E-state index is 13.8. The molecule has 0 aromatic carbocycles. The summed E-state index contributed by atoms with van der Waals surface area (Å²) in [5.74, 6) is -1.56. The molecule has 3 aromatic heterocycles. The SMILES string of the molecule is C[C@@H](OC(=O)Nc1c(-c2ncc(NC(=O)OC(C)(C)C)cn2)nnn1C)c1cc(F)cnc1F. The van der Waals surface area contributed by atoms with Crippen LogP contribution in [0.3, 0.4) is 0 Å². The Labute approximate surface area is 192 Å². The van der Waals surface area contributed by atoms with Crippen molar-refractivity contribution in [3.05, 3.63) is 42.0 Å². The fraction of sp³-hybridized carbons (Fsp3) is 0.350. The number of hydrogen-bond acceptors (Lipinski definition) is 9. The maximum Gasteiger partial charge on any atom is 0.413 e. The van der Waals surface area contributed by atoms with Gasteiger partial charge in [0.1, 0.15) is 17.5 Å². The van der Waals surface area contributed by atoms with Crippen LogP contribution in [0.4, 0.5) is 29.9 Å². The van der Waals surface area contributed by atoms with Crippen LogP contribution in [0.5, 0.6) is 0 Å². The number of aryl methyl sites for hydroxylation is 1. The minimum atomic E-state index is -1.14. The first-order chi connectivity index (χ1) is 15.9. The van der Waals surface area contributed by atoms with Crippen molar-refractivity contribution < 1.29 is 27.8 Å². The van der Waals surface area contributed by atoms with Gasteiger partial charge in [-0.3, -0.25) is 10.6 Å². The molecule has 0 aliphatic heterocycles. The van der Waals surface area contributed by atoms with E-state index in [0.29, 0.717) is 6.20 Å². The number of carbonyl (C=O) groups excluding carboxylic acids is 2. The van der Waals surface area contributed by atoms with E-state index in [1.165, 1.54) is 31.0 Å². The number of ether oxygens (including phenoxy) is 2. The third-order valence-electron chi connectivity index (χ3n) is 4.11. The molecule has 0 radical (unpaired) electrons. The van der Waals surface area contributed by atoms with E-state index in [9.17, 15) is 18.4 Å². The summed E-state index contributed by atoms with van der Waals surface area (Å²) in [5.41, 5.74) is -0.520. The molecule has 3 heterocycles. The van der Waals surface area contributed by atoms with Crippen molar-refractivity contribution in [2.45, 2.75) is 39.4 Å². The monoisotopic (exact) mass is 476 g/mol. The Balaban J connectivity index is 1.70. The lowest BCUT2D eigenvalue weighted by molar-refractivity contribution is 0.0635. The van der Waals surface area contributed by atoms with Crippen molar-refractivity contribution in [2.75, 3.05) is 10.6 Å². The summed E-state index contributed by atoms with van der Waals surface area (Å²) >= 11 is 0. The van der Waals surface area contributed by atoms with Crippen molar-refractivity contribution in [3.63, 3.8) is 0 Å². The molecule has 0 aliphatic carbocycles. The van der Waals surface area contributed by atoms with Crippen molar-refractivity contribution in [3.8, 4) is 11.5 Å². The van der Waals surface area contributed by atoms with Crippen LogP contribution < -0.4 is 10.6 Å². The van der Waals surface area contributed by atoms with E-state index in [-0.39, 0.29) is 28.6 Å². The van der Waals surface area contributed by atoms with E-state index in [4.69, 9.17) is 9.47 Å². The molecular weight excluding hydrogens is 454 g/mol. The number of halogens is 2. The fourth-order valence-electron chi connectivity index (χ4n) is 2.66. The summed E-state index contributed by atoms with van der Waals surface area (Å²) in [6.45, 7) is 6.55. The molecule has 0 spiro atoms. The number of carbonyl (C=O) groups is 2. The second kappa shape index (κ2) is 9.72. The number of pyridine rings is 1. The van der Waals surface area contributed by atoms with Gasteiger partial charge in [-0.15, -0.1) is 5.10 Å². The van der Waals surface area contributed by atoms with Gasteiger partial charge in [-0.05, 0) is 33.8 Å². The average molecular weight is 476 g/mol. The van der Waals surface area contributed by atoms with Gasteiger partial charge in [0.2, 0.25) is 5.95 Å². The Bertz CT molecular complexity index is 1190. The predicted octanol–water partition coefficient (Wildman–Crippen LogP) is 3.60. The predicted molar refractivity (Wildman–Crippen MR) is 115 cm³/mol. The number of nitrogens with zero attached hydrogens (tertiary/aromatic N) is 6. The van der Waals surface area contributed by atoms with E-state index in [1.54, 1.807) is 20.8 Å². The van der Waals surface area contributed by atoms with Crippen LogP contribution in [0.1, 0.15) is 39.4 Å². The van der Waals surface area contributed by atoms with Gasteiger partial charge in [0.25, 0.3) is 0 Å². The van der Waals surface area contributed by atoms with Gasteiger partial charge in [-0.25, -0.2) is 33.6 Å². The molecule has 3 rings (SSSR count). The molecule has 34 heavy (non-hydrogen) atoms. The van der Waals surface area contributed by atoms with Gasteiger partial charge in [-0.1, -0.05) is 5.21 Å². The van der Waals surface area contributed by atoms with Gasteiger partial charge in [-0.2, -0.15) is 4.39 Å². The van der Waals surface area contributed by atoms with Crippen LogP contribution in [-0.2, 0) is 16.5 Å². The topological polar surface area (TPSA) is 146 Å². The summed E-state index contributed by atoms with van der Waals surface area (Å²) in [5, 5.41) is 12.7. The smallest absolute Gasteiger partial charge is 0.413 e. The molecule has 2 amide bonds. The first-order valence-corrected chi connectivity index (χ1v) is 9.93. The number of amides is 2. The second-order valence-electron chi connectivity index (χ2n) is 8.04. The summed E-state index contributed by atoms with van der Waals surface area (Å²) in [6, 6.07) is 0.887. The third-order valence-corrected chi connectivity index (χ3v) is 4.11. The molecule has 0 unspecified atom stereocenters. The Kier molecular flexibility index (Phi) is 6.98. The standard InChI is InChI=1S/C20H22F2N8O4/c1-10(13-6-11(21)7-23-15(13)22)33-18(31)27-17-14(28-29-30(17)5)16-24-8-12(9-25-16)26-19(32)34-20(2,3)4/h6-10H,1-5H3,(H,26,32)(H,27,31)/t10-/m1/s1. The highest BCUT2D eigenvalue weighted by atomic mass is 19.1. The van der Waals surface area contributed by atoms with Gasteiger partial charge >= 0.3 is 12.2 Å². The fourth-order valence-corrected chi connectivity index (χ4v) is 2.66. The molecule has 180 valence electrons. The lowest BCUT2D eigenvalue weighted by Crippen LogP contribution is -2.27. The number of nitrogens with one attached hydrogen (secondary N) is 2. The largest absolute Gasteiger partial charge is 0.444 e. The highest BCUT2D eigenvalue weighted by Gasteiger charge is 2.22. The Morgan fingerprint density at radius 3 is 2.38 bits per heavy atom. The Morgan fingerprint density at radius 1 is 1.06 bits per heavy atom. The molecule has 12 nitrogen and oxygen atoms in total. The zero-order valence-corrected chi connectivity index (χ0v) is 19.0. The molecular formula is C20H22F2N8O4. The van der Waals surface area contributed by atoms with Crippen LogP contribution in [0.2, 0.25) is 0 Å². The Hall–Kier alpha value is -4.23. The third kappa shape index (κ3) is 6.17. The number of anilines is 2. The van der Waals surface area contributed by atoms with Gasteiger partial charge < -0.3 is 9.47 Å². The average Bonchev–Trinajstić information content (AvgIpc) is 3.09. The lowest BCUT2D eigenvalue weighted by Gasteiger charge is -2.19. The molecule has 1 atom stereocenters. The van der Waals surface area contributed by atoms with Crippen LogP contribution in [0, 0.1) is 11.8 Å². The van der Waals surface area contributed by atoms with Crippen LogP contribution in [0.15, 0.2) is 24.7 Å². The first-order valence-electron chi connectivity index (χ1n) is 9.93. The molecule has 3 aromatic rings. The molecule has 0 saturated carbocycles. The second-order valence-corrected chi connectivity index (χ2v) is 8.04. The van der Waals surface area contributed by atoms with Gasteiger partial charge in [0, 0.05) is 7.05 Å². The van der Waals surface area contributed by atoms with Crippen molar-refractivity contribution in [2.24, 2.45) is 7.05 Å². The molecule has 14 heteroatoms. The van der Waals surface area contributed by atoms with Crippen LogP contribution in [0.25, 0.3) is 11.5 Å². The van der Waals surface area contributed by atoms with Crippen LogP contribution in [-0.4, -0.2) is 47.7 Å². The highest BCUT2D eigenvalue weighted by Crippen LogP contribution is 2.24. The minimum Gasteiger partial charge on any atom is -0.444 e.